The monoisotopic (exact) mass is 347 g/mol. The maximum absolute atomic E-state index is 12.5. The molecule has 1 aliphatic rings. The minimum atomic E-state index is -0.665. The van der Waals surface area contributed by atoms with Crippen LogP contribution in [0.2, 0.25) is 0 Å². The van der Waals surface area contributed by atoms with Gasteiger partial charge in [-0.25, -0.2) is 0 Å². The van der Waals surface area contributed by atoms with Gasteiger partial charge in [0, 0.05) is 19.0 Å². The van der Waals surface area contributed by atoms with Gasteiger partial charge in [0.05, 0.1) is 6.54 Å². The summed E-state index contributed by atoms with van der Waals surface area (Å²) in [6.45, 7) is 6.07. The number of likely N-dealkylation sites (N-methyl/N-ethyl adjacent to an activating group) is 1. The molecule has 1 unspecified atom stereocenters. The van der Waals surface area contributed by atoms with Crippen molar-refractivity contribution in [3.05, 3.63) is 29.9 Å². The lowest BCUT2D eigenvalue weighted by atomic mass is 10.2. The van der Waals surface area contributed by atoms with Crippen molar-refractivity contribution in [2.75, 3.05) is 13.8 Å². The van der Waals surface area contributed by atoms with Crippen molar-refractivity contribution < 1.29 is 23.5 Å². The van der Waals surface area contributed by atoms with E-state index in [9.17, 15) is 4.79 Å². The fourth-order valence-corrected chi connectivity index (χ4v) is 2.37. The zero-order valence-corrected chi connectivity index (χ0v) is 14.7. The van der Waals surface area contributed by atoms with Gasteiger partial charge in [-0.1, -0.05) is 19.0 Å². The largest absolute Gasteiger partial charge is 0.481 e. The summed E-state index contributed by atoms with van der Waals surface area (Å²) in [5.41, 5.74) is 0. The Hall–Kier alpha value is -2.77. The van der Waals surface area contributed by atoms with Crippen LogP contribution < -0.4 is 14.2 Å². The molecule has 1 amide bonds. The lowest BCUT2D eigenvalue weighted by Crippen LogP contribution is -2.37. The first kappa shape index (κ1) is 17.1. The average molecular weight is 347 g/mol. The predicted molar refractivity (Wildman–Crippen MR) is 87.5 cm³/mol. The Bertz CT molecular complexity index is 758. The summed E-state index contributed by atoms with van der Waals surface area (Å²) >= 11 is 0. The van der Waals surface area contributed by atoms with E-state index in [0.717, 1.165) is 0 Å². The molecule has 2 heterocycles. The Morgan fingerprint density at radius 2 is 2.04 bits per heavy atom. The normalized spacial score (nSPS) is 13.8. The molecule has 3 rings (SSSR count). The Kier molecular flexibility index (Phi) is 4.78. The quantitative estimate of drug-likeness (QED) is 0.792. The third-order valence-electron chi connectivity index (χ3n) is 3.74. The van der Waals surface area contributed by atoms with Gasteiger partial charge in [-0.3, -0.25) is 4.79 Å². The standard InChI is InChI=1S/C17H21N3O5/c1-10(2)16-18-15(19-25-16)8-20(4)17(21)11(3)24-12-5-6-13-14(7-12)23-9-22-13/h5-7,10-11H,8-9H2,1-4H3. The number of carbonyl (C=O) groups is 1. The molecule has 0 spiro atoms. The van der Waals surface area contributed by atoms with Crippen molar-refractivity contribution in [2.24, 2.45) is 0 Å². The molecular formula is C17H21N3O5. The van der Waals surface area contributed by atoms with Gasteiger partial charge in [-0.2, -0.15) is 4.98 Å². The van der Waals surface area contributed by atoms with Crippen molar-refractivity contribution >= 4 is 5.91 Å². The number of nitrogens with zero attached hydrogens (tertiary/aromatic N) is 3. The molecule has 0 N–H and O–H groups in total. The van der Waals surface area contributed by atoms with Crippen LogP contribution in [-0.4, -0.2) is 40.9 Å². The Morgan fingerprint density at radius 3 is 2.76 bits per heavy atom. The third kappa shape index (κ3) is 3.84. The summed E-state index contributed by atoms with van der Waals surface area (Å²) in [5, 5.41) is 3.89. The number of carbonyl (C=O) groups excluding carboxylic acids is 1. The van der Waals surface area contributed by atoms with Crippen molar-refractivity contribution in [1.82, 2.24) is 15.0 Å². The highest BCUT2D eigenvalue weighted by atomic mass is 16.7. The van der Waals surface area contributed by atoms with Gasteiger partial charge in [0.15, 0.2) is 23.4 Å². The highest BCUT2D eigenvalue weighted by Crippen LogP contribution is 2.35. The average Bonchev–Trinajstić information content (AvgIpc) is 3.22. The van der Waals surface area contributed by atoms with Gasteiger partial charge in [0.1, 0.15) is 5.75 Å². The molecule has 0 saturated carbocycles. The molecular weight excluding hydrogens is 326 g/mol. The van der Waals surface area contributed by atoms with Gasteiger partial charge >= 0.3 is 0 Å². The Morgan fingerprint density at radius 1 is 1.28 bits per heavy atom. The molecule has 1 aliphatic heterocycles. The summed E-state index contributed by atoms with van der Waals surface area (Å²) in [6.07, 6.45) is -0.665. The zero-order chi connectivity index (χ0) is 18.0. The van der Waals surface area contributed by atoms with E-state index in [1.165, 1.54) is 4.90 Å². The Balaban J connectivity index is 1.59. The van der Waals surface area contributed by atoms with Crippen LogP contribution in [0, 0.1) is 0 Å². The highest BCUT2D eigenvalue weighted by Gasteiger charge is 2.22. The molecule has 0 bridgehead atoms. The van der Waals surface area contributed by atoms with Crippen molar-refractivity contribution in [3.63, 3.8) is 0 Å². The summed E-state index contributed by atoms with van der Waals surface area (Å²) in [6, 6.07) is 5.21. The molecule has 1 aromatic carbocycles. The van der Waals surface area contributed by atoms with E-state index in [-0.39, 0.29) is 25.2 Å². The van der Waals surface area contributed by atoms with Crippen molar-refractivity contribution in [3.8, 4) is 17.2 Å². The zero-order valence-electron chi connectivity index (χ0n) is 14.7. The SMILES string of the molecule is CC(Oc1ccc2c(c1)OCO2)C(=O)N(C)Cc1noc(C(C)C)n1. The van der Waals surface area contributed by atoms with Crippen LogP contribution in [0.3, 0.4) is 0 Å². The number of ether oxygens (including phenoxy) is 3. The number of rotatable bonds is 6. The second-order valence-electron chi connectivity index (χ2n) is 6.17. The van der Waals surface area contributed by atoms with E-state index in [1.54, 1.807) is 32.2 Å². The first-order valence-electron chi connectivity index (χ1n) is 8.08. The van der Waals surface area contributed by atoms with E-state index in [1.807, 2.05) is 13.8 Å². The van der Waals surface area contributed by atoms with Gasteiger partial charge in [-0.15, -0.1) is 0 Å². The van der Waals surface area contributed by atoms with E-state index in [4.69, 9.17) is 18.7 Å². The first-order valence-corrected chi connectivity index (χ1v) is 8.08. The molecule has 0 fully saturated rings. The van der Waals surface area contributed by atoms with E-state index in [0.29, 0.717) is 29.0 Å². The predicted octanol–water partition coefficient (Wildman–Crippen LogP) is 2.35. The topological polar surface area (TPSA) is 86.9 Å². The van der Waals surface area contributed by atoms with Gasteiger partial charge in [0.25, 0.3) is 5.91 Å². The molecule has 0 saturated heterocycles. The van der Waals surface area contributed by atoms with Crippen LogP contribution in [0.1, 0.15) is 38.4 Å². The second kappa shape index (κ2) is 7.00. The van der Waals surface area contributed by atoms with Gasteiger partial charge < -0.3 is 23.6 Å². The fraction of sp³-hybridized carbons (Fsp3) is 0.471. The molecule has 8 nitrogen and oxygen atoms in total. The molecule has 134 valence electrons. The highest BCUT2D eigenvalue weighted by molar-refractivity contribution is 5.80. The maximum Gasteiger partial charge on any atom is 0.263 e. The Labute approximate surface area is 145 Å². The minimum absolute atomic E-state index is 0.149. The molecule has 0 aliphatic carbocycles. The summed E-state index contributed by atoms with van der Waals surface area (Å²) in [5.74, 6) is 2.81. The van der Waals surface area contributed by atoms with Crippen molar-refractivity contribution in [1.29, 1.82) is 0 Å². The summed E-state index contributed by atoms with van der Waals surface area (Å²) in [4.78, 5) is 18.3. The molecule has 8 heteroatoms. The van der Waals surface area contributed by atoms with Crippen molar-refractivity contribution in [2.45, 2.75) is 39.3 Å². The second-order valence-corrected chi connectivity index (χ2v) is 6.17. The number of fused-ring (bicyclic) bond motifs is 1. The van der Waals surface area contributed by atoms with Crippen LogP contribution in [-0.2, 0) is 11.3 Å². The van der Waals surface area contributed by atoms with Crippen LogP contribution in [0.25, 0.3) is 0 Å². The number of hydrogen-bond donors (Lipinski definition) is 0. The minimum Gasteiger partial charge on any atom is -0.481 e. The van der Waals surface area contributed by atoms with Crippen LogP contribution in [0.15, 0.2) is 22.7 Å². The van der Waals surface area contributed by atoms with E-state index >= 15 is 0 Å². The molecule has 1 aromatic heterocycles. The fourth-order valence-electron chi connectivity index (χ4n) is 2.37. The number of benzene rings is 1. The molecule has 25 heavy (non-hydrogen) atoms. The molecule has 2 aromatic rings. The molecule has 1 atom stereocenters. The number of hydrogen-bond acceptors (Lipinski definition) is 7. The maximum atomic E-state index is 12.5. The number of amides is 1. The number of aromatic nitrogens is 2. The van der Waals surface area contributed by atoms with E-state index in [2.05, 4.69) is 10.1 Å². The van der Waals surface area contributed by atoms with Crippen LogP contribution in [0.5, 0.6) is 17.2 Å². The molecule has 0 radical (unpaired) electrons. The van der Waals surface area contributed by atoms with Gasteiger partial charge in [0.2, 0.25) is 12.7 Å². The summed E-state index contributed by atoms with van der Waals surface area (Å²) in [7, 11) is 1.67. The van der Waals surface area contributed by atoms with E-state index < -0.39 is 6.10 Å². The summed E-state index contributed by atoms with van der Waals surface area (Å²) < 4.78 is 21.4. The lowest BCUT2D eigenvalue weighted by Gasteiger charge is -2.21. The first-order chi connectivity index (χ1) is 11.9. The van der Waals surface area contributed by atoms with Crippen LogP contribution in [0.4, 0.5) is 0 Å². The van der Waals surface area contributed by atoms with Crippen LogP contribution >= 0.6 is 0 Å². The third-order valence-corrected chi connectivity index (χ3v) is 3.74. The van der Waals surface area contributed by atoms with Gasteiger partial charge in [-0.05, 0) is 19.1 Å². The lowest BCUT2D eigenvalue weighted by molar-refractivity contribution is -0.137. The smallest absolute Gasteiger partial charge is 0.263 e.